The molecule has 0 saturated heterocycles. The Balaban J connectivity index is 1.95. The Morgan fingerprint density at radius 3 is 2.81 bits per heavy atom. The molecule has 110 valence electrons. The maximum absolute atomic E-state index is 5.94. The molecule has 0 aliphatic heterocycles. The minimum atomic E-state index is 0.604. The smallest absolute Gasteiger partial charge is 0.111 e. The van der Waals surface area contributed by atoms with Gasteiger partial charge >= 0.3 is 0 Å². The van der Waals surface area contributed by atoms with Crippen LogP contribution in [0.4, 0.5) is 0 Å². The summed E-state index contributed by atoms with van der Waals surface area (Å²) in [5.74, 6) is 1.69. The first-order valence-electron chi connectivity index (χ1n) is 6.94. The zero-order valence-electron chi connectivity index (χ0n) is 11.8. The zero-order chi connectivity index (χ0) is 14.8. The van der Waals surface area contributed by atoms with E-state index in [0.29, 0.717) is 5.88 Å². The fourth-order valence-corrected chi connectivity index (χ4v) is 4.21. The summed E-state index contributed by atoms with van der Waals surface area (Å²) in [5.41, 5.74) is 3.54. The fourth-order valence-electron chi connectivity index (χ4n) is 2.57. The zero-order valence-corrected chi connectivity index (χ0v) is 14.9. The lowest BCUT2D eigenvalue weighted by molar-refractivity contribution is 0.679. The first-order chi connectivity index (χ1) is 10.2. The Morgan fingerprint density at radius 1 is 1.24 bits per heavy atom. The number of alkyl halides is 1. The van der Waals surface area contributed by atoms with Gasteiger partial charge in [0.1, 0.15) is 5.82 Å². The number of hydrogen-bond donors (Lipinski definition) is 0. The molecular formula is C16H16BrClN2S. The van der Waals surface area contributed by atoms with Gasteiger partial charge in [-0.1, -0.05) is 12.1 Å². The maximum Gasteiger partial charge on any atom is 0.111 e. The molecule has 0 radical (unpaired) electrons. The van der Waals surface area contributed by atoms with Crippen molar-refractivity contribution in [1.29, 1.82) is 0 Å². The molecule has 0 atom stereocenters. The molecule has 0 amide bonds. The fraction of sp³-hybridized carbons (Fsp3) is 0.312. The van der Waals surface area contributed by atoms with E-state index in [4.69, 9.17) is 16.6 Å². The van der Waals surface area contributed by atoms with Crippen LogP contribution in [0.3, 0.4) is 0 Å². The Labute approximate surface area is 141 Å². The number of para-hydroxylation sites is 1. The number of fused-ring (bicyclic) bond motifs is 1. The molecule has 0 aliphatic carbocycles. The summed E-state index contributed by atoms with van der Waals surface area (Å²) in [4.78, 5) is 6.17. The van der Waals surface area contributed by atoms with Crippen LogP contribution in [0, 0.1) is 6.92 Å². The van der Waals surface area contributed by atoms with Gasteiger partial charge in [0.25, 0.3) is 0 Å². The quantitative estimate of drug-likeness (QED) is 0.554. The van der Waals surface area contributed by atoms with E-state index in [-0.39, 0.29) is 0 Å². The van der Waals surface area contributed by atoms with Crippen LogP contribution in [0.1, 0.15) is 16.3 Å². The van der Waals surface area contributed by atoms with Gasteiger partial charge in [0.2, 0.25) is 0 Å². The molecule has 1 aromatic carbocycles. The second-order valence-corrected chi connectivity index (χ2v) is 7.94. The minimum Gasteiger partial charge on any atom is -0.328 e. The lowest BCUT2D eigenvalue weighted by Gasteiger charge is -2.07. The largest absolute Gasteiger partial charge is 0.328 e. The van der Waals surface area contributed by atoms with Gasteiger partial charge in [0.15, 0.2) is 0 Å². The summed E-state index contributed by atoms with van der Waals surface area (Å²) in [6, 6.07) is 10.6. The summed E-state index contributed by atoms with van der Waals surface area (Å²) in [6.07, 6.45) is 1.83. The lowest BCUT2D eigenvalue weighted by atomic mass is 10.2. The monoisotopic (exact) mass is 382 g/mol. The number of aryl methyl sites for hydroxylation is 4. The first-order valence-corrected chi connectivity index (χ1v) is 9.08. The molecule has 0 spiro atoms. The van der Waals surface area contributed by atoms with E-state index < -0.39 is 0 Å². The van der Waals surface area contributed by atoms with Crippen molar-refractivity contribution in [2.75, 3.05) is 5.88 Å². The first kappa shape index (κ1) is 15.1. The van der Waals surface area contributed by atoms with E-state index in [1.54, 1.807) is 11.3 Å². The third-order valence-electron chi connectivity index (χ3n) is 3.59. The normalized spacial score (nSPS) is 11.4. The highest BCUT2D eigenvalue weighted by molar-refractivity contribution is 9.11. The molecule has 3 aromatic rings. The van der Waals surface area contributed by atoms with E-state index in [1.807, 2.05) is 0 Å². The number of thiophene rings is 1. The molecule has 0 fully saturated rings. The Hall–Kier alpha value is -0.840. The highest BCUT2D eigenvalue weighted by Gasteiger charge is 2.12. The number of rotatable bonds is 5. The standard InChI is InChI=1S/C16H16BrClN2S/c1-11-3-2-4-13-16(11)19-15(7-9-18)20(13)10-8-12-5-6-14(17)21-12/h2-6H,7-10H2,1H3. The summed E-state index contributed by atoms with van der Waals surface area (Å²) in [6.45, 7) is 3.06. The number of benzene rings is 1. The van der Waals surface area contributed by atoms with Crippen LogP contribution in [-0.4, -0.2) is 15.4 Å². The van der Waals surface area contributed by atoms with Crippen LogP contribution in [0.5, 0.6) is 0 Å². The van der Waals surface area contributed by atoms with E-state index in [1.165, 1.54) is 19.7 Å². The SMILES string of the molecule is Cc1cccc2c1nc(CCCl)n2CCc1ccc(Br)s1. The molecule has 0 bridgehead atoms. The summed E-state index contributed by atoms with van der Waals surface area (Å²) < 4.78 is 3.50. The molecule has 0 N–H and O–H groups in total. The van der Waals surface area contributed by atoms with Crippen molar-refractivity contribution in [1.82, 2.24) is 9.55 Å². The molecule has 0 aliphatic rings. The molecule has 2 aromatic heterocycles. The van der Waals surface area contributed by atoms with Crippen molar-refractivity contribution >= 4 is 49.9 Å². The van der Waals surface area contributed by atoms with Crippen molar-refractivity contribution in [2.45, 2.75) is 26.3 Å². The van der Waals surface area contributed by atoms with Crippen LogP contribution >= 0.6 is 38.9 Å². The van der Waals surface area contributed by atoms with Crippen LogP contribution in [0.15, 0.2) is 34.1 Å². The Morgan fingerprint density at radius 2 is 2.10 bits per heavy atom. The number of hydrogen-bond acceptors (Lipinski definition) is 2. The van der Waals surface area contributed by atoms with E-state index in [9.17, 15) is 0 Å². The molecular weight excluding hydrogens is 368 g/mol. The molecule has 5 heteroatoms. The molecule has 3 rings (SSSR count). The topological polar surface area (TPSA) is 17.8 Å². The number of halogens is 2. The van der Waals surface area contributed by atoms with Gasteiger partial charge in [0.05, 0.1) is 14.8 Å². The van der Waals surface area contributed by atoms with Gasteiger partial charge < -0.3 is 4.57 Å². The van der Waals surface area contributed by atoms with Crippen molar-refractivity contribution in [3.05, 3.63) is 50.4 Å². The van der Waals surface area contributed by atoms with Gasteiger partial charge in [-0.05, 0) is 53.0 Å². The molecule has 21 heavy (non-hydrogen) atoms. The summed E-state index contributed by atoms with van der Waals surface area (Å²) in [7, 11) is 0. The number of aromatic nitrogens is 2. The van der Waals surface area contributed by atoms with Crippen molar-refractivity contribution in [3.8, 4) is 0 Å². The Kier molecular flexibility index (Phi) is 4.67. The predicted molar refractivity (Wildman–Crippen MR) is 94.6 cm³/mol. The average Bonchev–Trinajstić information content (AvgIpc) is 3.02. The maximum atomic E-state index is 5.94. The highest BCUT2D eigenvalue weighted by atomic mass is 79.9. The van der Waals surface area contributed by atoms with Crippen LogP contribution in [-0.2, 0) is 19.4 Å². The summed E-state index contributed by atoms with van der Waals surface area (Å²) >= 11 is 11.3. The third-order valence-corrected chi connectivity index (χ3v) is 5.46. The van der Waals surface area contributed by atoms with Gasteiger partial charge in [-0.15, -0.1) is 22.9 Å². The minimum absolute atomic E-state index is 0.604. The molecule has 2 nitrogen and oxygen atoms in total. The predicted octanol–water partition coefficient (Wildman–Crippen LogP) is 5.19. The number of imidazole rings is 1. The van der Waals surface area contributed by atoms with Crippen molar-refractivity contribution in [2.24, 2.45) is 0 Å². The molecule has 0 saturated carbocycles. The van der Waals surface area contributed by atoms with Crippen LogP contribution in [0.25, 0.3) is 11.0 Å². The van der Waals surface area contributed by atoms with E-state index in [2.05, 4.69) is 57.8 Å². The average molecular weight is 384 g/mol. The van der Waals surface area contributed by atoms with Crippen LogP contribution < -0.4 is 0 Å². The van der Waals surface area contributed by atoms with Gasteiger partial charge in [-0.2, -0.15) is 0 Å². The highest BCUT2D eigenvalue weighted by Crippen LogP contribution is 2.25. The lowest BCUT2D eigenvalue weighted by Crippen LogP contribution is -2.06. The van der Waals surface area contributed by atoms with E-state index in [0.717, 1.165) is 30.7 Å². The number of nitrogens with zero attached hydrogens (tertiary/aromatic N) is 2. The van der Waals surface area contributed by atoms with Gasteiger partial charge in [0, 0.05) is 23.7 Å². The molecule has 0 unspecified atom stereocenters. The van der Waals surface area contributed by atoms with Gasteiger partial charge in [-0.3, -0.25) is 0 Å². The van der Waals surface area contributed by atoms with E-state index >= 15 is 0 Å². The second kappa shape index (κ2) is 6.51. The van der Waals surface area contributed by atoms with Crippen molar-refractivity contribution < 1.29 is 0 Å². The Bertz CT molecular complexity index is 763. The van der Waals surface area contributed by atoms with Gasteiger partial charge in [-0.25, -0.2) is 4.98 Å². The second-order valence-electron chi connectivity index (χ2n) is 5.02. The van der Waals surface area contributed by atoms with Crippen molar-refractivity contribution in [3.63, 3.8) is 0 Å². The molecule has 2 heterocycles. The third kappa shape index (κ3) is 3.17. The summed E-state index contributed by atoms with van der Waals surface area (Å²) in [5, 5.41) is 0. The van der Waals surface area contributed by atoms with Crippen LogP contribution in [0.2, 0.25) is 0 Å².